The third kappa shape index (κ3) is 3.07. The molecule has 0 aliphatic rings. The maximum absolute atomic E-state index is 12.1. The van der Waals surface area contributed by atoms with E-state index in [4.69, 9.17) is 28.9 Å². The van der Waals surface area contributed by atoms with Crippen LogP contribution in [0.5, 0.6) is 0 Å². The summed E-state index contributed by atoms with van der Waals surface area (Å²) < 4.78 is 0. The molecule has 0 saturated heterocycles. The first-order valence-corrected chi connectivity index (χ1v) is 6.25. The fourth-order valence-electron chi connectivity index (χ4n) is 1.51. The molecule has 1 aromatic carbocycles. The van der Waals surface area contributed by atoms with Crippen LogP contribution in [-0.2, 0) is 0 Å². The molecule has 0 spiro atoms. The molecule has 0 aliphatic heterocycles. The zero-order valence-corrected chi connectivity index (χ0v) is 11.6. The number of hydrogen-bond donors (Lipinski definition) is 2. The number of pyridine rings is 1. The lowest BCUT2D eigenvalue weighted by atomic mass is 10.2. The molecule has 0 unspecified atom stereocenters. The van der Waals surface area contributed by atoms with Crippen molar-refractivity contribution in [3.63, 3.8) is 0 Å². The zero-order chi connectivity index (χ0) is 14.7. The van der Waals surface area contributed by atoms with Gasteiger partial charge in [0.1, 0.15) is 0 Å². The Bertz CT molecular complexity index is 689. The van der Waals surface area contributed by atoms with E-state index in [0.29, 0.717) is 0 Å². The second-order valence-corrected chi connectivity index (χ2v) is 4.68. The molecule has 102 valence electrons. The Morgan fingerprint density at radius 2 is 1.90 bits per heavy atom. The third-order valence-electron chi connectivity index (χ3n) is 2.51. The van der Waals surface area contributed by atoms with Gasteiger partial charge in [0.15, 0.2) is 0 Å². The molecule has 0 bridgehead atoms. The molecule has 20 heavy (non-hydrogen) atoms. The van der Waals surface area contributed by atoms with E-state index in [-0.39, 0.29) is 26.9 Å². The van der Waals surface area contributed by atoms with E-state index in [0.717, 1.165) is 0 Å². The van der Waals surface area contributed by atoms with Crippen LogP contribution < -0.4 is 11.1 Å². The molecule has 0 atom stereocenters. The van der Waals surface area contributed by atoms with E-state index < -0.39 is 11.8 Å². The lowest BCUT2D eigenvalue weighted by Gasteiger charge is -2.09. The van der Waals surface area contributed by atoms with Crippen LogP contribution in [0.1, 0.15) is 20.7 Å². The van der Waals surface area contributed by atoms with Crippen LogP contribution >= 0.6 is 23.2 Å². The van der Waals surface area contributed by atoms with Crippen LogP contribution in [-0.4, -0.2) is 16.8 Å². The van der Waals surface area contributed by atoms with E-state index in [2.05, 4.69) is 10.3 Å². The summed E-state index contributed by atoms with van der Waals surface area (Å²) in [6, 6.07) is 5.84. The average Bonchev–Trinajstić information content (AvgIpc) is 2.41. The third-order valence-corrected chi connectivity index (χ3v) is 3.17. The number of rotatable bonds is 3. The topological polar surface area (TPSA) is 85.1 Å². The smallest absolute Gasteiger partial charge is 0.258 e. The Morgan fingerprint density at radius 1 is 1.15 bits per heavy atom. The minimum absolute atomic E-state index is 0.203. The van der Waals surface area contributed by atoms with Gasteiger partial charge < -0.3 is 11.1 Å². The molecule has 0 saturated carbocycles. The highest BCUT2D eigenvalue weighted by Crippen LogP contribution is 2.24. The number of amides is 2. The van der Waals surface area contributed by atoms with Crippen molar-refractivity contribution in [2.45, 2.75) is 0 Å². The van der Waals surface area contributed by atoms with Gasteiger partial charge in [0.2, 0.25) is 5.91 Å². The maximum Gasteiger partial charge on any atom is 0.258 e. The summed E-state index contributed by atoms with van der Waals surface area (Å²) in [6.45, 7) is 0. The summed E-state index contributed by atoms with van der Waals surface area (Å²) >= 11 is 11.9. The van der Waals surface area contributed by atoms with Crippen LogP contribution in [0.2, 0.25) is 10.0 Å². The van der Waals surface area contributed by atoms with Crippen molar-refractivity contribution in [1.29, 1.82) is 0 Å². The van der Waals surface area contributed by atoms with Gasteiger partial charge in [-0.3, -0.25) is 14.6 Å². The molecule has 1 heterocycles. The van der Waals surface area contributed by atoms with Crippen molar-refractivity contribution in [2.24, 2.45) is 5.73 Å². The molecule has 0 aliphatic carbocycles. The van der Waals surface area contributed by atoms with Gasteiger partial charge in [0.05, 0.1) is 21.3 Å². The van der Waals surface area contributed by atoms with E-state index in [1.807, 2.05) is 0 Å². The quantitative estimate of drug-likeness (QED) is 0.914. The number of anilines is 1. The molecule has 1 aromatic heterocycles. The first kappa shape index (κ1) is 14.3. The van der Waals surface area contributed by atoms with Crippen LogP contribution in [0.3, 0.4) is 0 Å². The fraction of sp³-hybridized carbons (Fsp3) is 0. The summed E-state index contributed by atoms with van der Waals surface area (Å²) in [7, 11) is 0. The Hall–Kier alpha value is -2.11. The number of carbonyl (C=O) groups excluding carboxylic acids is 2. The number of hydrogen-bond acceptors (Lipinski definition) is 3. The van der Waals surface area contributed by atoms with E-state index >= 15 is 0 Å². The Kier molecular flexibility index (Phi) is 4.22. The molecule has 0 radical (unpaired) electrons. The Labute approximate surface area is 124 Å². The number of nitrogens with one attached hydrogen (secondary N) is 1. The molecule has 3 N–H and O–H groups in total. The first-order chi connectivity index (χ1) is 9.49. The molecular weight excluding hydrogens is 301 g/mol. The van der Waals surface area contributed by atoms with E-state index in [9.17, 15) is 9.59 Å². The molecule has 2 aromatic rings. The van der Waals surface area contributed by atoms with Gasteiger partial charge >= 0.3 is 0 Å². The summed E-state index contributed by atoms with van der Waals surface area (Å²) in [5.41, 5.74) is 5.89. The summed E-state index contributed by atoms with van der Waals surface area (Å²) in [4.78, 5) is 27.0. The number of carbonyl (C=O) groups is 2. The minimum Gasteiger partial charge on any atom is -0.366 e. The van der Waals surface area contributed by atoms with Crippen molar-refractivity contribution in [1.82, 2.24) is 4.98 Å². The summed E-state index contributed by atoms with van der Waals surface area (Å²) in [5, 5.41) is 3.10. The fourth-order valence-corrected chi connectivity index (χ4v) is 1.86. The zero-order valence-electron chi connectivity index (χ0n) is 10.1. The normalized spacial score (nSPS) is 10.1. The van der Waals surface area contributed by atoms with Crippen molar-refractivity contribution >= 4 is 40.7 Å². The second-order valence-electron chi connectivity index (χ2n) is 3.87. The average molecular weight is 310 g/mol. The van der Waals surface area contributed by atoms with Crippen molar-refractivity contribution in [3.05, 3.63) is 57.8 Å². The number of primary amides is 1. The second kappa shape index (κ2) is 5.90. The molecule has 7 heteroatoms. The standard InChI is InChI=1S/C13H9Cl2N3O2/c14-9-3-4-17-6-8(9)13(20)18-11-5-7(12(16)19)1-2-10(11)15/h1-6H,(H2,16,19)(H,18,20). The number of halogens is 2. The lowest BCUT2D eigenvalue weighted by Crippen LogP contribution is -2.15. The van der Waals surface area contributed by atoms with Gasteiger partial charge in [-0.2, -0.15) is 0 Å². The highest BCUT2D eigenvalue weighted by atomic mass is 35.5. The molecule has 5 nitrogen and oxygen atoms in total. The number of benzene rings is 1. The minimum atomic E-state index is -0.614. The molecular formula is C13H9Cl2N3O2. The van der Waals surface area contributed by atoms with Crippen LogP contribution in [0.4, 0.5) is 5.69 Å². The van der Waals surface area contributed by atoms with Crippen molar-refractivity contribution in [2.75, 3.05) is 5.32 Å². The number of nitrogens with two attached hydrogens (primary N) is 1. The molecule has 2 amide bonds. The van der Waals surface area contributed by atoms with Gasteiger partial charge in [0, 0.05) is 18.0 Å². The monoisotopic (exact) mass is 309 g/mol. The largest absolute Gasteiger partial charge is 0.366 e. The van der Waals surface area contributed by atoms with E-state index in [1.165, 1.54) is 36.7 Å². The van der Waals surface area contributed by atoms with Crippen molar-refractivity contribution < 1.29 is 9.59 Å². The molecule has 2 rings (SSSR count). The summed E-state index contributed by atoms with van der Waals surface area (Å²) in [6.07, 6.45) is 2.81. The predicted molar refractivity (Wildman–Crippen MR) is 77.2 cm³/mol. The van der Waals surface area contributed by atoms with Gasteiger partial charge in [-0.1, -0.05) is 23.2 Å². The SMILES string of the molecule is NC(=O)c1ccc(Cl)c(NC(=O)c2cnccc2Cl)c1. The van der Waals surface area contributed by atoms with Crippen LogP contribution in [0.25, 0.3) is 0 Å². The first-order valence-electron chi connectivity index (χ1n) is 5.49. The van der Waals surface area contributed by atoms with Crippen LogP contribution in [0, 0.1) is 0 Å². The number of nitrogens with zero attached hydrogens (tertiary/aromatic N) is 1. The van der Waals surface area contributed by atoms with Gasteiger partial charge in [-0.25, -0.2) is 0 Å². The Balaban J connectivity index is 2.30. The predicted octanol–water partition coefficient (Wildman–Crippen LogP) is 2.74. The lowest BCUT2D eigenvalue weighted by molar-refractivity contribution is 0.0996. The van der Waals surface area contributed by atoms with Gasteiger partial charge in [0.25, 0.3) is 5.91 Å². The van der Waals surface area contributed by atoms with Gasteiger partial charge in [-0.15, -0.1) is 0 Å². The maximum atomic E-state index is 12.1. The highest BCUT2D eigenvalue weighted by Gasteiger charge is 2.13. The number of aromatic nitrogens is 1. The van der Waals surface area contributed by atoms with Crippen molar-refractivity contribution in [3.8, 4) is 0 Å². The Morgan fingerprint density at radius 3 is 2.55 bits per heavy atom. The van der Waals surface area contributed by atoms with Gasteiger partial charge in [-0.05, 0) is 24.3 Å². The van der Waals surface area contributed by atoms with E-state index in [1.54, 1.807) is 0 Å². The summed E-state index contributed by atoms with van der Waals surface area (Å²) in [5.74, 6) is -1.09. The molecule has 0 fully saturated rings. The highest BCUT2D eigenvalue weighted by molar-refractivity contribution is 6.36. The van der Waals surface area contributed by atoms with Crippen LogP contribution in [0.15, 0.2) is 36.7 Å².